The van der Waals surface area contributed by atoms with E-state index in [9.17, 15) is 18.0 Å². The number of hydrogen-bond donors (Lipinski definition) is 2. The van der Waals surface area contributed by atoms with Crippen molar-refractivity contribution in [3.05, 3.63) is 5.69 Å². The van der Waals surface area contributed by atoms with Crippen LogP contribution in [0.2, 0.25) is 0 Å². The predicted molar refractivity (Wildman–Crippen MR) is 64.4 cm³/mol. The minimum absolute atomic E-state index is 0.120. The number of rotatable bonds is 3. The van der Waals surface area contributed by atoms with Crippen LogP contribution in [0.5, 0.6) is 0 Å². The number of hydrogen-bond acceptors (Lipinski definition) is 8. The Morgan fingerprint density at radius 2 is 2.15 bits per heavy atom. The Bertz CT molecular complexity index is 639. The summed E-state index contributed by atoms with van der Waals surface area (Å²) in [6, 6.07) is -0.963. The molecule has 0 saturated carbocycles. The molecule has 10 nitrogen and oxygen atoms in total. The third-order valence-electron chi connectivity index (χ3n) is 2.92. The van der Waals surface area contributed by atoms with Crippen molar-refractivity contribution in [2.45, 2.75) is 12.5 Å². The number of carbonyl (C=O) groups is 2. The summed E-state index contributed by atoms with van der Waals surface area (Å²) in [6.07, 6.45) is -0.476. The first-order valence-electron chi connectivity index (χ1n) is 5.61. The molecule has 1 aliphatic heterocycles. The molecule has 1 atom stereocenters. The molecule has 0 aromatic carbocycles. The van der Waals surface area contributed by atoms with E-state index in [0.29, 0.717) is 0 Å². The maximum atomic E-state index is 12.2. The van der Waals surface area contributed by atoms with Crippen LogP contribution >= 0.6 is 0 Å². The molecular formula is C9H12N4O6S. The van der Waals surface area contributed by atoms with Crippen molar-refractivity contribution in [3.63, 3.8) is 0 Å². The lowest BCUT2D eigenvalue weighted by atomic mass is 10.2. The summed E-state index contributed by atoms with van der Waals surface area (Å²) < 4.78 is 27.4. The van der Waals surface area contributed by atoms with Gasteiger partial charge in [0.1, 0.15) is 0 Å². The van der Waals surface area contributed by atoms with Gasteiger partial charge in [0.15, 0.2) is 9.84 Å². The van der Waals surface area contributed by atoms with Crippen molar-refractivity contribution in [2.24, 2.45) is 0 Å². The van der Waals surface area contributed by atoms with Crippen molar-refractivity contribution in [3.8, 4) is 0 Å². The molecule has 0 aliphatic carbocycles. The number of sulfone groups is 1. The third kappa shape index (κ3) is 2.87. The van der Waals surface area contributed by atoms with Gasteiger partial charge in [-0.1, -0.05) is 0 Å². The average Bonchev–Trinajstić information content (AvgIpc) is 2.73. The Labute approximate surface area is 113 Å². The lowest BCUT2D eigenvalue weighted by Crippen LogP contribution is -2.52. The number of anilines is 1. The van der Waals surface area contributed by atoms with Crippen molar-refractivity contribution in [2.75, 3.05) is 23.8 Å². The van der Waals surface area contributed by atoms with Gasteiger partial charge in [0.05, 0.1) is 24.0 Å². The molecule has 11 heteroatoms. The Morgan fingerprint density at radius 1 is 1.45 bits per heavy atom. The maximum Gasteiger partial charge on any atom is 0.305 e. The standard InChI is InChI=1S/C9H12N4O6S/c10-8-7(11-19-12-8)9(16)13-1-2-20(17,18)4-5(13)3-6(14)15/h5H,1-4H2,(H2,10,12)(H,14,15). The molecule has 1 amide bonds. The third-order valence-corrected chi connectivity index (χ3v) is 4.62. The Balaban J connectivity index is 2.26. The highest BCUT2D eigenvalue weighted by molar-refractivity contribution is 7.91. The van der Waals surface area contributed by atoms with Crippen molar-refractivity contribution >= 4 is 27.5 Å². The first-order valence-corrected chi connectivity index (χ1v) is 7.43. The van der Waals surface area contributed by atoms with E-state index in [4.69, 9.17) is 10.8 Å². The summed E-state index contributed by atoms with van der Waals surface area (Å²) in [4.78, 5) is 24.1. The number of nitrogens with zero attached hydrogens (tertiary/aromatic N) is 3. The highest BCUT2D eigenvalue weighted by Crippen LogP contribution is 2.19. The quantitative estimate of drug-likeness (QED) is 0.668. The van der Waals surface area contributed by atoms with Gasteiger partial charge in [-0.25, -0.2) is 13.0 Å². The number of nitrogen functional groups attached to an aromatic ring is 1. The van der Waals surface area contributed by atoms with Gasteiger partial charge in [-0.2, -0.15) is 0 Å². The van der Waals surface area contributed by atoms with E-state index in [2.05, 4.69) is 14.9 Å². The minimum Gasteiger partial charge on any atom is -0.481 e. The first-order chi connectivity index (χ1) is 9.30. The molecule has 0 bridgehead atoms. The number of carboxylic acid groups (broad SMARTS) is 1. The SMILES string of the molecule is Nc1nonc1C(=O)N1CCS(=O)(=O)CC1CC(=O)O. The van der Waals surface area contributed by atoms with Crippen LogP contribution in [0.25, 0.3) is 0 Å². The number of aliphatic carboxylic acids is 1. The molecule has 1 aromatic rings. The van der Waals surface area contributed by atoms with Gasteiger partial charge in [-0.15, -0.1) is 0 Å². The largest absolute Gasteiger partial charge is 0.481 e. The van der Waals surface area contributed by atoms with Gasteiger partial charge < -0.3 is 15.7 Å². The van der Waals surface area contributed by atoms with Gasteiger partial charge in [0, 0.05) is 6.54 Å². The lowest BCUT2D eigenvalue weighted by Gasteiger charge is -2.34. The molecular weight excluding hydrogens is 292 g/mol. The van der Waals surface area contributed by atoms with E-state index >= 15 is 0 Å². The summed E-state index contributed by atoms with van der Waals surface area (Å²) in [5.41, 5.74) is 5.15. The van der Waals surface area contributed by atoms with Gasteiger partial charge in [0.2, 0.25) is 11.5 Å². The highest BCUT2D eigenvalue weighted by atomic mass is 32.2. The zero-order chi connectivity index (χ0) is 14.9. The van der Waals surface area contributed by atoms with E-state index in [1.54, 1.807) is 0 Å². The van der Waals surface area contributed by atoms with Gasteiger partial charge in [-0.3, -0.25) is 9.59 Å². The fourth-order valence-electron chi connectivity index (χ4n) is 2.00. The molecule has 1 fully saturated rings. The zero-order valence-corrected chi connectivity index (χ0v) is 11.0. The second kappa shape index (κ2) is 5.07. The monoisotopic (exact) mass is 304 g/mol. The van der Waals surface area contributed by atoms with Crippen molar-refractivity contribution < 1.29 is 27.7 Å². The summed E-state index contributed by atoms with van der Waals surface area (Å²) in [5, 5.41) is 15.4. The number of carbonyl (C=O) groups excluding carboxylic acids is 1. The number of amides is 1. The smallest absolute Gasteiger partial charge is 0.305 e. The summed E-state index contributed by atoms with van der Waals surface area (Å²) in [5.74, 6) is -2.76. The topological polar surface area (TPSA) is 157 Å². The minimum atomic E-state index is -3.37. The van der Waals surface area contributed by atoms with Crippen LogP contribution in [-0.2, 0) is 14.6 Å². The number of carboxylic acids is 1. The molecule has 110 valence electrons. The summed E-state index contributed by atoms with van der Waals surface area (Å²) in [6.45, 7) is -0.120. The Morgan fingerprint density at radius 3 is 2.70 bits per heavy atom. The highest BCUT2D eigenvalue weighted by Gasteiger charge is 2.37. The van der Waals surface area contributed by atoms with E-state index in [1.165, 1.54) is 0 Å². The molecule has 1 unspecified atom stereocenters. The van der Waals surface area contributed by atoms with Crippen LogP contribution in [-0.4, -0.2) is 64.7 Å². The second-order valence-corrected chi connectivity index (χ2v) is 6.59. The van der Waals surface area contributed by atoms with Gasteiger partial charge in [0.25, 0.3) is 5.91 Å². The second-order valence-electron chi connectivity index (χ2n) is 4.36. The predicted octanol–water partition coefficient (Wildman–Crippen LogP) is -1.63. The van der Waals surface area contributed by atoms with Gasteiger partial charge >= 0.3 is 5.97 Å². The van der Waals surface area contributed by atoms with Crippen LogP contribution in [0.1, 0.15) is 16.9 Å². The molecule has 3 N–H and O–H groups in total. The molecule has 1 saturated heterocycles. The number of nitrogens with two attached hydrogens (primary N) is 1. The lowest BCUT2D eigenvalue weighted by molar-refractivity contribution is -0.138. The van der Waals surface area contributed by atoms with E-state index in [1.807, 2.05) is 0 Å². The van der Waals surface area contributed by atoms with Crippen molar-refractivity contribution in [1.29, 1.82) is 0 Å². The van der Waals surface area contributed by atoms with Gasteiger partial charge in [-0.05, 0) is 10.3 Å². The maximum absolute atomic E-state index is 12.2. The van der Waals surface area contributed by atoms with Crippen LogP contribution in [0.3, 0.4) is 0 Å². The van der Waals surface area contributed by atoms with Crippen LogP contribution < -0.4 is 5.73 Å². The fraction of sp³-hybridized carbons (Fsp3) is 0.556. The molecule has 0 spiro atoms. The first kappa shape index (κ1) is 14.2. The fourth-order valence-corrected chi connectivity index (χ4v) is 3.53. The van der Waals surface area contributed by atoms with E-state index in [0.717, 1.165) is 4.90 Å². The molecule has 2 heterocycles. The van der Waals surface area contributed by atoms with E-state index in [-0.39, 0.29) is 23.8 Å². The van der Waals surface area contributed by atoms with Crippen LogP contribution in [0.15, 0.2) is 4.63 Å². The summed E-state index contributed by atoms with van der Waals surface area (Å²) >= 11 is 0. The normalized spacial score (nSPS) is 21.6. The Kier molecular flexibility index (Phi) is 3.61. The summed E-state index contributed by atoms with van der Waals surface area (Å²) in [7, 11) is -3.37. The molecule has 1 aromatic heterocycles. The van der Waals surface area contributed by atoms with E-state index < -0.39 is 39.9 Å². The zero-order valence-electron chi connectivity index (χ0n) is 10.2. The molecule has 1 aliphatic rings. The molecule has 2 rings (SSSR count). The average molecular weight is 304 g/mol. The molecule has 20 heavy (non-hydrogen) atoms. The Hall–Kier alpha value is -2.17. The van der Waals surface area contributed by atoms with Crippen LogP contribution in [0.4, 0.5) is 5.82 Å². The number of aromatic nitrogens is 2. The van der Waals surface area contributed by atoms with Crippen molar-refractivity contribution in [1.82, 2.24) is 15.2 Å². The van der Waals surface area contributed by atoms with Crippen LogP contribution in [0, 0.1) is 0 Å². The molecule has 0 radical (unpaired) electrons.